The lowest BCUT2D eigenvalue weighted by molar-refractivity contribution is 0.102. The Morgan fingerprint density at radius 1 is 1.12 bits per heavy atom. The Morgan fingerprint density at radius 3 is 2.54 bits per heavy atom. The van der Waals surface area contributed by atoms with Gasteiger partial charge in [-0.05, 0) is 29.2 Å². The predicted molar refractivity (Wildman–Crippen MR) is 104 cm³/mol. The molecule has 0 atom stereocenters. The summed E-state index contributed by atoms with van der Waals surface area (Å²) in [5.41, 5.74) is 2.01. The molecular formula is C21H22N2O3. The monoisotopic (exact) mass is 350 g/mol. The van der Waals surface area contributed by atoms with Crippen LogP contribution in [0.15, 0.2) is 53.5 Å². The van der Waals surface area contributed by atoms with E-state index in [1.165, 1.54) is 6.20 Å². The summed E-state index contributed by atoms with van der Waals surface area (Å²) in [6.07, 6.45) is 1.45. The lowest BCUT2D eigenvalue weighted by Gasteiger charge is -2.22. The number of H-pyrrole nitrogens is 1. The van der Waals surface area contributed by atoms with E-state index in [2.05, 4.69) is 31.1 Å². The van der Waals surface area contributed by atoms with Crippen molar-refractivity contribution < 1.29 is 9.53 Å². The number of carbonyl (C=O) groups excluding carboxylic acids is 1. The smallest absolute Gasteiger partial charge is 0.261 e. The Bertz CT molecular complexity index is 1030. The minimum Gasteiger partial charge on any atom is -0.496 e. The third-order valence-electron chi connectivity index (χ3n) is 4.30. The van der Waals surface area contributed by atoms with E-state index in [1.807, 2.05) is 18.2 Å². The fourth-order valence-electron chi connectivity index (χ4n) is 2.92. The van der Waals surface area contributed by atoms with Crippen molar-refractivity contribution in [3.8, 4) is 5.75 Å². The van der Waals surface area contributed by atoms with Crippen molar-refractivity contribution in [2.45, 2.75) is 26.2 Å². The molecule has 0 unspecified atom stereocenters. The molecule has 1 aromatic heterocycles. The lowest BCUT2D eigenvalue weighted by atomic mass is 9.86. The molecule has 0 aliphatic rings. The number of fused-ring (bicyclic) bond motifs is 1. The van der Waals surface area contributed by atoms with E-state index >= 15 is 0 Å². The van der Waals surface area contributed by atoms with Crippen molar-refractivity contribution >= 4 is 22.5 Å². The third-order valence-corrected chi connectivity index (χ3v) is 4.30. The number of benzene rings is 2. The first-order valence-corrected chi connectivity index (χ1v) is 8.41. The van der Waals surface area contributed by atoms with Gasteiger partial charge in [-0.15, -0.1) is 0 Å². The lowest BCUT2D eigenvalue weighted by Crippen LogP contribution is -2.22. The van der Waals surface area contributed by atoms with Gasteiger partial charge < -0.3 is 15.0 Å². The number of nitrogens with one attached hydrogen (secondary N) is 2. The molecule has 0 saturated heterocycles. The largest absolute Gasteiger partial charge is 0.496 e. The van der Waals surface area contributed by atoms with Gasteiger partial charge in [0, 0.05) is 28.9 Å². The van der Waals surface area contributed by atoms with Crippen molar-refractivity contribution in [1.29, 1.82) is 0 Å². The van der Waals surface area contributed by atoms with Crippen LogP contribution in [0.4, 0.5) is 5.69 Å². The highest BCUT2D eigenvalue weighted by Crippen LogP contribution is 2.33. The van der Waals surface area contributed by atoms with Crippen molar-refractivity contribution in [2.24, 2.45) is 0 Å². The van der Waals surface area contributed by atoms with Crippen molar-refractivity contribution in [2.75, 3.05) is 12.4 Å². The van der Waals surface area contributed by atoms with Crippen LogP contribution in [0.25, 0.3) is 10.9 Å². The summed E-state index contributed by atoms with van der Waals surface area (Å²) in [6, 6.07) is 12.6. The molecule has 0 fully saturated rings. The molecule has 0 saturated carbocycles. The number of hydrogen-bond donors (Lipinski definition) is 2. The highest BCUT2D eigenvalue weighted by Gasteiger charge is 2.20. The van der Waals surface area contributed by atoms with E-state index in [9.17, 15) is 9.59 Å². The normalized spacial score (nSPS) is 11.4. The zero-order chi connectivity index (χ0) is 18.9. The molecule has 3 rings (SSSR count). The molecule has 0 aliphatic heterocycles. The maximum absolute atomic E-state index is 12.6. The van der Waals surface area contributed by atoms with Crippen LogP contribution < -0.4 is 15.5 Å². The average molecular weight is 350 g/mol. The Labute approximate surface area is 152 Å². The number of hydrogen-bond acceptors (Lipinski definition) is 3. The van der Waals surface area contributed by atoms with Crippen LogP contribution in [-0.4, -0.2) is 18.0 Å². The summed E-state index contributed by atoms with van der Waals surface area (Å²) in [6.45, 7) is 6.28. The molecule has 3 aromatic rings. The van der Waals surface area contributed by atoms with Gasteiger partial charge in [-0.25, -0.2) is 0 Å². The first-order chi connectivity index (χ1) is 12.3. The number of rotatable bonds is 3. The Morgan fingerprint density at radius 2 is 1.85 bits per heavy atom. The Kier molecular flexibility index (Phi) is 4.55. The van der Waals surface area contributed by atoms with Crippen LogP contribution in [0.1, 0.15) is 36.7 Å². The van der Waals surface area contributed by atoms with Crippen LogP contribution in [0.2, 0.25) is 0 Å². The molecule has 134 valence electrons. The number of ether oxygens (including phenoxy) is 1. The van der Waals surface area contributed by atoms with Gasteiger partial charge in [0.15, 0.2) is 0 Å². The number of methoxy groups -OCH3 is 1. The molecule has 0 radical (unpaired) electrons. The molecule has 0 spiro atoms. The Balaban J connectivity index is 1.94. The molecule has 0 bridgehead atoms. The number of amides is 1. The number of anilines is 1. The minimum absolute atomic E-state index is 0.0718. The molecule has 0 aliphatic carbocycles. The summed E-state index contributed by atoms with van der Waals surface area (Å²) in [4.78, 5) is 28.1. The van der Waals surface area contributed by atoms with Crippen molar-refractivity contribution in [3.05, 3.63) is 70.0 Å². The number of carbonyl (C=O) groups is 1. The fraction of sp³-hybridized carbons (Fsp3) is 0.238. The second kappa shape index (κ2) is 6.67. The van der Waals surface area contributed by atoms with Gasteiger partial charge in [0.05, 0.1) is 7.11 Å². The molecule has 2 N–H and O–H groups in total. The summed E-state index contributed by atoms with van der Waals surface area (Å²) < 4.78 is 5.46. The number of aromatic amines is 1. The highest BCUT2D eigenvalue weighted by molar-refractivity contribution is 6.05. The van der Waals surface area contributed by atoms with Gasteiger partial charge in [-0.3, -0.25) is 9.59 Å². The second-order valence-electron chi connectivity index (χ2n) is 7.20. The van der Waals surface area contributed by atoms with E-state index in [-0.39, 0.29) is 16.4 Å². The van der Waals surface area contributed by atoms with Gasteiger partial charge in [0.1, 0.15) is 11.3 Å². The average Bonchev–Trinajstić information content (AvgIpc) is 2.61. The van der Waals surface area contributed by atoms with Crippen LogP contribution in [0, 0.1) is 0 Å². The standard InChI is InChI=1S/C21H22N2O3/c1-21(2,3)16-10-9-13(11-18(16)26-4)23-20(25)15-12-22-17-8-6-5-7-14(17)19(15)24/h5-12H,1-4H3,(H,22,24)(H,23,25). The van der Waals surface area contributed by atoms with E-state index < -0.39 is 5.91 Å². The summed E-state index contributed by atoms with van der Waals surface area (Å²) >= 11 is 0. The van der Waals surface area contributed by atoms with Gasteiger partial charge in [0.25, 0.3) is 5.91 Å². The number of aromatic nitrogens is 1. The van der Waals surface area contributed by atoms with Crippen LogP contribution >= 0.6 is 0 Å². The second-order valence-corrected chi connectivity index (χ2v) is 7.20. The molecule has 26 heavy (non-hydrogen) atoms. The maximum Gasteiger partial charge on any atom is 0.261 e. The number of para-hydroxylation sites is 1. The molecule has 5 heteroatoms. The quantitative estimate of drug-likeness (QED) is 0.747. The van der Waals surface area contributed by atoms with E-state index in [4.69, 9.17) is 4.74 Å². The molecule has 1 amide bonds. The van der Waals surface area contributed by atoms with Gasteiger partial charge >= 0.3 is 0 Å². The van der Waals surface area contributed by atoms with Gasteiger partial charge in [0.2, 0.25) is 5.43 Å². The fourth-order valence-corrected chi connectivity index (χ4v) is 2.92. The summed E-state index contributed by atoms with van der Waals surface area (Å²) in [7, 11) is 1.60. The van der Waals surface area contributed by atoms with Crippen LogP contribution in [0.3, 0.4) is 0 Å². The minimum atomic E-state index is -0.456. The van der Waals surface area contributed by atoms with E-state index in [1.54, 1.807) is 31.4 Å². The third kappa shape index (κ3) is 3.33. The van der Waals surface area contributed by atoms with Crippen LogP contribution in [-0.2, 0) is 5.41 Å². The summed E-state index contributed by atoms with van der Waals surface area (Å²) in [5.74, 6) is 0.241. The highest BCUT2D eigenvalue weighted by atomic mass is 16.5. The van der Waals surface area contributed by atoms with Crippen LogP contribution in [0.5, 0.6) is 5.75 Å². The zero-order valence-corrected chi connectivity index (χ0v) is 15.3. The summed E-state index contributed by atoms with van der Waals surface area (Å²) in [5, 5.41) is 3.27. The molecule has 1 heterocycles. The Hall–Kier alpha value is -3.08. The van der Waals surface area contributed by atoms with E-state index in [0.717, 1.165) is 5.56 Å². The molecule has 2 aromatic carbocycles. The molecular weight excluding hydrogens is 328 g/mol. The van der Waals surface area contributed by atoms with E-state index in [0.29, 0.717) is 22.3 Å². The number of pyridine rings is 1. The zero-order valence-electron chi connectivity index (χ0n) is 15.3. The van der Waals surface area contributed by atoms with Gasteiger partial charge in [-0.1, -0.05) is 39.0 Å². The predicted octanol–water partition coefficient (Wildman–Crippen LogP) is 4.09. The SMILES string of the molecule is COc1cc(NC(=O)c2c[nH]c3ccccc3c2=O)ccc1C(C)(C)C. The van der Waals surface area contributed by atoms with Crippen molar-refractivity contribution in [3.63, 3.8) is 0 Å². The van der Waals surface area contributed by atoms with Gasteiger partial charge in [-0.2, -0.15) is 0 Å². The van der Waals surface area contributed by atoms with Crippen molar-refractivity contribution in [1.82, 2.24) is 4.98 Å². The molecule has 5 nitrogen and oxygen atoms in total. The first-order valence-electron chi connectivity index (χ1n) is 8.41. The topological polar surface area (TPSA) is 71.2 Å². The maximum atomic E-state index is 12.6. The first kappa shape index (κ1) is 17.7.